The van der Waals surface area contributed by atoms with Crippen molar-refractivity contribution in [3.63, 3.8) is 0 Å². The molecular formula is C15H15F. The third-order valence-corrected chi connectivity index (χ3v) is 2.76. The molecular weight excluding hydrogens is 199 g/mol. The van der Waals surface area contributed by atoms with Gasteiger partial charge >= 0.3 is 0 Å². The summed E-state index contributed by atoms with van der Waals surface area (Å²) in [4.78, 5) is 0. The van der Waals surface area contributed by atoms with Gasteiger partial charge < -0.3 is 0 Å². The molecule has 0 atom stereocenters. The van der Waals surface area contributed by atoms with E-state index in [1.807, 2.05) is 12.1 Å². The number of hydrogen-bond acceptors (Lipinski definition) is 0. The first kappa shape index (κ1) is 10.9. The minimum Gasteiger partial charge on any atom is -0.207 e. The molecule has 2 aromatic carbocycles. The van der Waals surface area contributed by atoms with Crippen LogP contribution in [0.1, 0.15) is 16.7 Å². The molecule has 0 nitrogen and oxygen atoms in total. The van der Waals surface area contributed by atoms with E-state index in [0.29, 0.717) is 0 Å². The summed E-state index contributed by atoms with van der Waals surface area (Å²) in [5, 5.41) is 0. The van der Waals surface area contributed by atoms with Gasteiger partial charge in [-0.25, -0.2) is 4.39 Å². The second kappa shape index (κ2) is 4.93. The number of aryl methyl sites for hydroxylation is 3. The summed E-state index contributed by atoms with van der Waals surface area (Å²) in [6.07, 6.45) is 1.65. The lowest BCUT2D eigenvalue weighted by Crippen LogP contribution is -1.94. The van der Waals surface area contributed by atoms with E-state index in [1.54, 1.807) is 6.07 Å². The third-order valence-electron chi connectivity index (χ3n) is 2.76. The summed E-state index contributed by atoms with van der Waals surface area (Å²) in [6.45, 7) is 2.07. The smallest absolute Gasteiger partial charge is 0.126 e. The van der Waals surface area contributed by atoms with Crippen LogP contribution in [-0.4, -0.2) is 0 Å². The lowest BCUT2D eigenvalue weighted by molar-refractivity contribution is 0.608. The van der Waals surface area contributed by atoms with Crippen molar-refractivity contribution >= 4 is 0 Å². The van der Waals surface area contributed by atoms with Gasteiger partial charge in [-0.15, -0.1) is 0 Å². The molecule has 16 heavy (non-hydrogen) atoms. The molecule has 0 spiro atoms. The molecule has 0 N–H and O–H groups in total. The minimum atomic E-state index is -0.102. The van der Waals surface area contributed by atoms with Gasteiger partial charge in [0.15, 0.2) is 0 Å². The van der Waals surface area contributed by atoms with Crippen molar-refractivity contribution in [1.82, 2.24) is 0 Å². The molecule has 0 radical (unpaired) electrons. The second-order valence-electron chi connectivity index (χ2n) is 4.08. The Balaban J connectivity index is 2.02. The predicted molar refractivity (Wildman–Crippen MR) is 65.0 cm³/mol. The molecule has 0 aliphatic rings. The van der Waals surface area contributed by atoms with Gasteiger partial charge in [-0.2, -0.15) is 0 Å². The van der Waals surface area contributed by atoms with E-state index >= 15 is 0 Å². The predicted octanol–water partition coefficient (Wildman–Crippen LogP) is 3.92. The van der Waals surface area contributed by atoms with E-state index in [0.717, 1.165) is 18.4 Å². The van der Waals surface area contributed by atoms with Crippen LogP contribution in [0.4, 0.5) is 4.39 Å². The Hall–Kier alpha value is -1.63. The van der Waals surface area contributed by atoms with E-state index in [9.17, 15) is 4.39 Å². The molecule has 0 heterocycles. The first-order chi connectivity index (χ1) is 7.75. The first-order valence-electron chi connectivity index (χ1n) is 5.54. The molecule has 0 saturated heterocycles. The van der Waals surface area contributed by atoms with Crippen molar-refractivity contribution in [3.05, 3.63) is 71.0 Å². The van der Waals surface area contributed by atoms with E-state index in [1.165, 1.54) is 17.2 Å². The molecule has 1 heteroatoms. The van der Waals surface area contributed by atoms with Gasteiger partial charge in [0, 0.05) is 0 Å². The summed E-state index contributed by atoms with van der Waals surface area (Å²) in [6, 6.07) is 15.4. The van der Waals surface area contributed by atoms with Crippen molar-refractivity contribution in [2.75, 3.05) is 0 Å². The Morgan fingerprint density at radius 1 is 0.875 bits per heavy atom. The third kappa shape index (κ3) is 2.69. The van der Waals surface area contributed by atoms with Gasteiger partial charge in [0.25, 0.3) is 0 Å². The van der Waals surface area contributed by atoms with Crippen LogP contribution in [0.25, 0.3) is 0 Å². The lowest BCUT2D eigenvalue weighted by Gasteiger charge is -2.03. The fraction of sp³-hybridized carbons (Fsp3) is 0.200. The first-order valence-corrected chi connectivity index (χ1v) is 5.54. The quantitative estimate of drug-likeness (QED) is 0.726. The topological polar surface area (TPSA) is 0 Å². The standard InChI is InChI=1S/C15H15F/c1-12-6-8-13(9-7-12)10-11-14-4-2-3-5-15(14)16/h2-9H,10-11H2,1H3. The Labute approximate surface area is 95.7 Å². The van der Waals surface area contributed by atoms with Crippen LogP contribution < -0.4 is 0 Å². The number of benzene rings is 2. The van der Waals surface area contributed by atoms with E-state index < -0.39 is 0 Å². The highest BCUT2D eigenvalue weighted by molar-refractivity contribution is 5.24. The Bertz CT molecular complexity index is 457. The van der Waals surface area contributed by atoms with Crippen molar-refractivity contribution in [3.8, 4) is 0 Å². The molecule has 0 aliphatic heterocycles. The SMILES string of the molecule is Cc1ccc(CCc2ccccc2F)cc1. The van der Waals surface area contributed by atoms with E-state index in [-0.39, 0.29) is 5.82 Å². The van der Waals surface area contributed by atoms with Gasteiger partial charge in [-0.05, 0) is 37.0 Å². The van der Waals surface area contributed by atoms with Gasteiger partial charge in [-0.1, -0.05) is 48.0 Å². The van der Waals surface area contributed by atoms with Gasteiger partial charge in [0.2, 0.25) is 0 Å². The molecule has 0 saturated carbocycles. The zero-order valence-corrected chi connectivity index (χ0v) is 9.41. The molecule has 2 rings (SSSR count). The zero-order valence-electron chi connectivity index (χ0n) is 9.41. The molecule has 0 amide bonds. The summed E-state index contributed by atoms with van der Waals surface area (Å²) < 4.78 is 13.4. The highest BCUT2D eigenvalue weighted by Gasteiger charge is 2.00. The molecule has 0 aliphatic carbocycles. The van der Waals surface area contributed by atoms with Crippen LogP contribution in [-0.2, 0) is 12.8 Å². The van der Waals surface area contributed by atoms with Crippen molar-refractivity contribution in [1.29, 1.82) is 0 Å². The van der Waals surface area contributed by atoms with E-state index in [2.05, 4.69) is 31.2 Å². The van der Waals surface area contributed by atoms with Gasteiger partial charge in [0.1, 0.15) is 5.82 Å². The monoisotopic (exact) mass is 214 g/mol. The summed E-state index contributed by atoms with van der Waals surface area (Å²) in [5.74, 6) is -0.102. The Morgan fingerprint density at radius 2 is 1.56 bits per heavy atom. The lowest BCUT2D eigenvalue weighted by atomic mass is 10.0. The number of hydrogen-bond donors (Lipinski definition) is 0. The largest absolute Gasteiger partial charge is 0.207 e. The van der Waals surface area contributed by atoms with Crippen LogP contribution in [0.5, 0.6) is 0 Å². The van der Waals surface area contributed by atoms with E-state index in [4.69, 9.17) is 0 Å². The van der Waals surface area contributed by atoms with Crippen LogP contribution in [0, 0.1) is 12.7 Å². The maximum atomic E-state index is 13.4. The molecule has 82 valence electrons. The molecule has 2 aromatic rings. The normalized spacial score (nSPS) is 10.4. The van der Waals surface area contributed by atoms with Crippen LogP contribution in [0.2, 0.25) is 0 Å². The maximum Gasteiger partial charge on any atom is 0.126 e. The summed E-state index contributed by atoms with van der Waals surface area (Å²) >= 11 is 0. The van der Waals surface area contributed by atoms with Crippen LogP contribution >= 0.6 is 0 Å². The van der Waals surface area contributed by atoms with Gasteiger partial charge in [0.05, 0.1) is 0 Å². The number of halogens is 1. The van der Waals surface area contributed by atoms with Crippen LogP contribution in [0.15, 0.2) is 48.5 Å². The molecule has 0 fully saturated rings. The maximum absolute atomic E-state index is 13.4. The second-order valence-corrected chi connectivity index (χ2v) is 4.08. The summed E-state index contributed by atoms with van der Waals surface area (Å²) in [7, 11) is 0. The molecule has 0 unspecified atom stereocenters. The molecule has 0 aromatic heterocycles. The minimum absolute atomic E-state index is 0.102. The van der Waals surface area contributed by atoms with Crippen LogP contribution in [0.3, 0.4) is 0 Å². The van der Waals surface area contributed by atoms with Crippen molar-refractivity contribution < 1.29 is 4.39 Å². The van der Waals surface area contributed by atoms with Gasteiger partial charge in [-0.3, -0.25) is 0 Å². The number of rotatable bonds is 3. The average molecular weight is 214 g/mol. The Kier molecular flexibility index (Phi) is 3.35. The highest BCUT2D eigenvalue weighted by atomic mass is 19.1. The fourth-order valence-corrected chi connectivity index (χ4v) is 1.73. The Morgan fingerprint density at radius 3 is 2.25 bits per heavy atom. The highest BCUT2D eigenvalue weighted by Crippen LogP contribution is 2.11. The fourth-order valence-electron chi connectivity index (χ4n) is 1.73. The van der Waals surface area contributed by atoms with Crippen molar-refractivity contribution in [2.45, 2.75) is 19.8 Å². The average Bonchev–Trinajstić information content (AvgIpc) is 2.30. The zero-order chi connectivity index (χ0) is 11.4. The summed E-state index contributed by atoms with van der Waals surface area (Å²) in [5.41, 5.74) is 3.31. The molecule has 0 bridgehead atoms. The van der Waals surface area contributed by atoms with Crippen molar-refractivity contribution in [2.24, 2.45) is 0 Å².